The van der Waals surface area contributed by atoms with Gasteiger partial charge in [0, 0.05) is 5.92 Å². The molecule has 1 aliphatic rings. The van der Waals surface area contributed by atoms with Gasteiger partial charge in [-0.15, -0.1) is 0 Å². The molecule has 2 rings (SSSR count). The van der Waals surface area contributed by atoms with Gasteiger partial charge in [0.05, 0.1) is 5.69 Å². The molecule has 21 heavy (non-hydrogen) atoms. The SMILES string of the molecule is CC1(C)CCCCC1C(=O)Nc1ccccc1OCC#N. The van der Waals surface area contributed by atoms with Crippen molar-refractivity contribution in [1.82, 2.24) is 0 Å². The highest BCUT2D eigenvalue weighted by atomic mass is 16.5. The van der Waals surface area contributed by atoms with E-state index in [1.165, 1.54) is 6.42 Å². The summed E-state index contributed by atoms with van der Waals surface area (Å²) in [5.41, 5.74) is 0.671. The molecule has 1 amide bonds. The maximum atomic E-state index is 12.6. The fourth-order valence-electron chi connectivity index (χ4n) is 3.01. The van der Waals surface area contributed by atoms with E-state index in [1.54, 1.807) is 12.1 Å². The van der Waals surface area contributed by atoms with E-state index in [2.05, 4.69) is 19.2 Å². The summed E-state index contributed by atoms with van der Waals surface area (Å²) in [6, 6.07) is 9.18. The lowest BCUT2D eigenvalue weighted by Crippen LogP contribution is -2.37. The minimum absolute atomic E-state index is 0.0234. The molecule has 0 radical (unpaired) electrons. The number of hydrogen-bond donors (Lipinski definition) is 1. The Balaban J connectivity index is 2.11. The number of anilines is 1. The number of nitriles is 1. The van der Waals surface area contributed by atoms with Crippen LogP contribution in [0.25, 0.3) is 0 Å². The van der Waals surface area contributed by atoms with Crippen molar-refractivity contribution in [2.45, 2.75) is 39.5 Å². The van der Waals surface area contributed by atoms with Gasteiger partial charge < -0.3 is 10.1 Å². The van der Waals surface area contributed by atoms with Crippen LogP contribution >= 0.6 is 0 Å². The zero-order valence-corrected chi connectivity index (χ0v) is 12.7. The van der Waals surface area contributed by atoms with E-state index in [0.717, 1.165) is 19.3 Å². The average molecular weight is 286 g/mol. The number of para-hydroxylation sites is 2. The first-order valence-corrected chi connectivity index (χ1v) is 7.44. The van der Waals surface area contributed by atoms with Gasteiger partial charge in [0.25, 0.3) is 0 Å². The molecule has 0 saturated heterocycles. The number of rotatable bonds is 4. The third kappa shape index (κ3) is 3.75. The molecule has 0 heterocycles. The van der Waals surface area contributed by atoms with Crippen molar-refractivity contribution in [3.63, 3.8) is 0 Å². The van der Waals surface area contributed by atoms with E-state index in [9.17, 15) is 4.79 Å². The van der Waals surface area contributed by atoms with E-state index in [1.807, 2.05) is 18.2 Å². The second-order valence-corrected chi connectivity index (χ2v) is 6.22. The van der Waals surface area contributed by atoms with E-state index in [4.69, 9.17) is 10.00 Å². The lowest BCUT2D eigenvalue weighted by atomic mass is 9.68. The van der Waals surface area contributed by atoms with E-state index < -0.39 is 0 Å². The average Bonchev–Trinajstić information content (AvgIpc) is 2.45. The highest BCUT2D eigenvalue weighted by Gasteiger charge is 2.37. The van der Waals surface area contributed by atoms with Crippen LogP contribution in [0.1, 0.15) is 39.5 Å². The maximum absolute atomic E-state index is 12.6. The summed E-state index contributed by atoms with van der Waals surface area (Å²) in [5, 5.41) is 11.6. The molecule has 1 N–H and O–H groups in total. The summed E-state index contributed by atoms with van der Waals surface area (Å²) in [7, 11) is 0. The molecule has 112 valence electrons. The third-order valence-electron chi connectivity index (χ3n) is 4.26. The Morgan fingerprint density at radius 2 is 2.19 bits per heavy atom. The summed E-state index contributed by atoms with van der Waals surface area (Å²) in [5.74, 6) is 0.615. The number of benzene rings is 1. The van der Waals surface area contributed by atoms with Crippen LogP contribution in [0.15, 0.2) is 24.3 Å². The van der Waals surface area contributed by atoms with Gasteiger partial charge in [0.15, 0.2) is 6.61 Å². The molecule has 1 aromatic rings. The van der Waals surface area contributed by atoms with Gasteiger partial charge >= 0.3 is 0 Å². The Labute approximate surface area is 126 Å². The Hall–Kier alpha value is -2.02. The van der Waals surface area contributed by atoms with Gasteiger partial charge in [0.2, 0.25) is 5.91 Å². The normalized spacial score (nSPS) is 20.3. The molecule has 4 nitrogen and oxygen atoms in total. The molecule has 4 heteroatoms. The molecule has 1 atom stereocenters. The number of amides is 1. The first-order valence-electron chi connectivity index (χ1n) is 7.44. The number of nitrogens with one attached hydrogen (secondary N) is 1. The topological polar surface area (TPSA) is 62.1 Å². The molecule has 1 fully saturated rings. The predicted molar refractivity (Wildman–Crippen MR) is 81.9 cm³/mol. The number of carbonyl (C=O) groups is 1. The fourth-order valence-corrected chi connectivity index (χ4v) is 3.01. The summed E-state index contributed by atoms with van der Waals surface area (Å²) < 4.78 is 5.35. The van der Waals surface area contributed by atoms with Gasteiger partial charge in [-0.1, -0.05) is 38.8 Å². The monoisotopic (exact) mass is 286 g/mol. The second kappa shape index (κ2) is 6.62. The molecule has 0 aromatic heterocycles. The molecule has 1 aliphatic carbocycles. The van der Waals surface area contributed by atoms with E-state index in [-0.39, 0.29) is 23.8 Å². The number of carbonyl (C=O) groups excluding carboxylic acids is 1. The van der Waals surface area contributed by atoms with Crippen molar-refractivity contribution in [1.29, 1.82) is 5.26 Å². The minimum Gasteiger partial charge on any atom is -0.477 e. The molecule has 1 saturated carbocycles. The Kier molecular flexibility index (Phi) is 4.85. The van der Waals surface area contributed by atoms with Crippen LogP contribution in [0, 0.1) is 22.7 Å². The highest BCUT2D eigenvalue weighted by molar-refractivity contribution is 5.94. The van der Waals surface area contributed by atoms with Crippen LogP contribution in [-0.4, -0.2) is 12.5 Å². The Bertz CT molecular complexity index is 546. The van der Waals surface area contributed by atoms with Crippen molar-refractivity contribution in [2.24, 2.45) is 11.3 Å². The molecule has 0 bridgehead atoms. The molecule has 1 unspecified atom stereocenters. The van der Waals surface area contributed by atoms with Gasteiger partial charge in [-0.05, 0) is 30.4 Å². The van der Waals surface area contributed by atoms with Gasteiger partial charge in [-0.2, -0.15) is 5.26 Å². The highest BCUT2D eigenvalue weighted by Crippen LogP contribution is 2.41. The zero-order chi connectivity index (χ0) is 15.3. The molecule has 0 spiro atoms. The van der Waals surface area contributed by atoms with Gasteiger partial charge in [0.1, 0.15) is 11.8 Å². The fraction of sp³-hybridized carbons (Fsp3) is 0.529. The quantitative estimate of drug-likeness (QED) is 0.917. The smallest absolute Gasteiger partial charge is 0.228 e. The molecule has 1 aromatic carbocycles. The third-order valence-corrected chi connectivity index (χ3v) is 4.26. The number of ether oxygens (including phenoxy) is 1. The summed E-state index contributed by atoms with van der Waals surface area (Å²) >= 11 is 0. The first-order chi connectivity index (χ1) is 10.0. The van der Waals surface area contributed by atoms with Crippen LogP contribution < -0.4 is 10.1 Å². The van der Waals surface area contributed by atoms with Crippen LogP contribution in [0.4, 0.5) is 5.69 Å². The Morgan fingerprint density at radius 1 is 1.43 bits per heavy atom. The van der Waals surface area contributed by atoms with Crippen LogP contribution in [-0.2, 0) is 4.79 Å². The van der Waals surface area contributed by atoms with Crippen LogP contribution in [0.3, 0.4) is 0 Å². The lowest BCUT2D eigenvalue weighted by Gasteiger charge is -2.37. The molecular weight excluding hydrogens is 264 g/mol. The van der Waals surface area contributed by atoms with Crippen LogP contribution in [0.2, 0.25) is 0 Å². The van der Waals surface area contributed by atoms with Crippen molar-refractivity contribution in [2.75, 3.05) is 11.9 Å². The van der Waals surface area contributed by atoms with E-state index in [0.29, 0.717) is 11.4 Å². The van der Waals surface area contributed by atoms with Gasteiger partial charge in [-0.25, -0.2) is 0 Å². The van der Waals surface area contributed by atoms with Gasteiger partial charge in [-0.3, -0.25) is 4.79 Å². The van der Waals surface area contributed by atoms with Crippen molar-refractivity contribution < 1.29 is 9.53 Å². The molecular formula is C17H22N2O2. The summed E-state index contributed by atoms with van der Waals surface area (Å²) in [6.45, 7) is 4.30. The summed E-state index contributed by atoms with van der Waals surface area (Å²) in [6.07, 6.45) is 4.31. The maximum Gasteiger partial charge on any atom is 0.228 e. The summed E-state index contributed by atoms with van der Waals surface area (Å²) in [4.78, 5) is 12.6. The van der Waals surface area contributed by atoms with Crippen molar-refractivity contribution in [3.05, 3.63) is 24.3 Å². The number of nitrogens with zero attached hydrogens (tertiary/aromatic N) is 1. The zero-order valence-electron chi connectivity index (χ0n) is 12.7. The lowest BCUT2D eigenvalue weighted by molar-refractivity contribution is -0.124. The molecule has 0 aliphatic heterocycles. The van der Waals surface area contributed by atoms with Crippen molar-refractivity contribution in [3.8, 4) is 11.8 Å². The largest absolute Gasteiger partial charge is 0.477 e. The second-order valence-electron chi connectivity index (χ2n) is 6.22. The minimum atomic E-state index is -0.0260. The van der Waals surface area contributed by atoms with E-state index >= 15 is 0 Å². The van der Waals surface area contributed by atoms with Crippen molar-refractivity contribution >= 4 is 11.6 Å². The standard InChI is InChI=1S/C17H22N2O2/c1-17(2)10-6-5-7-13(17)16(20)19-14-8-3-4-9-15(14)21-12-11-18/h3-4,8-9,13H,5-7,10,12H2,1-2H3,(H,19,20). The predicted octanol–water partition coefficient (Wildman–Crippen LogP) is 3.74. The Morgan fingerprint density at radius 3 is 2.90 bits per heavy atom. The number of hydrogen-bond acceptors (Lipinski definition) is 3. The first kappa shape index (κ1) is 15.4. The van der Waals surface area contributed by atoms with Crippen LogP contribution in [0.5, 0.6) is 5.75 Å².